The molecule has 2 rings (SSSR count). The van der Waals surface area contributed by atoms with Crippen LogP contribution in [0.1, 0.15) is 25.3 Å². The second kappa shape index (κ2) is 7.27. The number of hydrogen-bond donors (Lipinski definition) is 3. The molecule has 5 N–H and O–H groups in total. The minimum Gasteiger partial charge on any atom is -0.401 e. The van der Waals surface area contributed by atoms with Crippen LogP contribution in [-0.2, 0) is 10.3 Å². The molecule has 1 fully saturated rings. The molecule has 0 aliphatic heterocycles. The van der Waals surface area contributed by atoms with Gasteiger partial charge >= 0.3 is 0 Å². The first-order valence-corrected chi connectivity index (χ1v) is 7.78. The fourth-order valence-electron chi connectivity index (χ4n) is 2.27. The summed E-state index contributed by atoms with van der Waals surface area (Å²) in [7, 11) is 0. The Labute approximate surface area is 135 Å². The molecule has 0 heterocycles. The van der Waals surface area contributed by atoms with Crippen molar-refractivity contribution in [3.63, 3.8) is 0 Å². The Bertz CT molecular complexity index is 559. The van der Waals surface area contributed by atoms with E-state index in [1.54, 1.807) is 12.1 Å². The van der Waals surface area contributed by atoms with Crippen molar-refractivity contribution >= 4 is 5.69 Å². The predicted molar refractivity (Wildman–Crippen MR) is 88.2 cm³/mol. The summed E-state index contributed by atoms with van der Waals surface area (Å²) in [4.78, 5) is 0. The highest BCUT2D eigenvalue weighted by atomic mass is 19.1. The first kappa shape index (κ1) is 17.7. The van der Waals surface area contributed by atoms with Gasteiger partial charge in [0.25, 0.3) is 0 Å². The maximum atomic E-state index is 14.4. The Morgan fingerprint density at radius 3 is 2.83 bits per heavy atom. The third kappa shape index (κ3) is 4.91. The molecule has 128 valence electrons. The van der Waals surface area contributed by atoms with Gasteiger partial charge in [-0.1, -0.05) is 6.58 Å². The van der Waals surface area contributed by atoms with Crippen molar-refractivity contribution in [2.24, 2.45) is 17.4 Å². The number of nitrogens with one attached hydrogen (secondary N) is 1. The summed E-state index contributed by atoms with van der Waals surface area (Å²) < 4.78 is 33.7. The molecule has 1 aliphatic carbocycles. The van der Waals surface area contributed by atoms with Gasteiger partial charge in [0.1, 0.15) is 12.0 Å². The van der Waals surface area contributed by atoms with Gasteiger partial charge in [-0.25, -0.2) is 8.78 Å². The molecular weight excluding hydrogens is 300 g/mol. The zero-order valence-electron chi connectivity index (χ0n) is 13.4. The van der Waals surface area contributed by atoms with Gasteiger partial charge in [0.2, 0.25) is 0 Å². The van der Waals surface area contributed by atoms with E-state index in [0.717, 1.165) is 12.2 Å². The van der Waals surface area contributed by atoms with E-state index in [4.69, 9.17) is 16.2 Å². The fraction of sp³-hybridized carbons (Fsp3) is 0.529. The Kier molecular flexibility index (Phi) is 5.59. The maximum Gasteiger partial charge on any atom is 0.145 e. The lowest BCUT2D eigenvalue weighted by molar-refractivity contribution is 0.0569. The summed E-state index contributed by atoms with van der Waals surface area (Å²) in [5.41, 5.74) is 11.1. The lowest BCUT2D eigenvalue weighted by Gasteiger charge is -2.30. The van der Waals surface area contributed by atoms with Gasteiger partial charge in [0, 0.05) is 23.5 Å². The van der Waals surface area contributed by atoms with Crippen molar-refractivity contribution < 1.29 is 13.5 Å². The molecular formula is C17H25F2N3O. The molecule has 0 bridgehead atoms. The fourth-order valence-corrected chi connectivity index (χ4v) is 2.27. The number of alkyl halides is 1. The van der Waals surface area contributed by atoms with Crippen LogP contribution in [0.15, 0.2) is 30.5 Å². The molecule has 1 aromatic rings. The van der Waals surface area contributed by atoms with Crippen molar-refractivity contribution in [2.45, 2.75) is 31.5 Å². The van der Waals surface area contributed by atoms with Crippen LogP contribution < -0.4 is 16.8 Å². The standard InChI is InChI=1S/C17H25F2N3O/c1-11(20)9-23-10-16(19)17(2,21)14-7-13(5-6-15(14)18)22-8-12-3-4-12/h5-7,12,16,22H,1,3-4,8-10,20-21H2,2H3/t16-,17+/m0/s1. The van der Waals surface area contributed by atoms with Crippen LogP contribution in [-0.4, -0.2) is 25.9 Å². The molecule has 0 aromatic heterocycles. The zero-order chi connectivity index (χ0) is 17.0. The number of nitrogens with two attached hydrogens (primary N) is 2. The molecule has 2 atom stereocenters. The predicted octanol–water partition coefficient (Wildman–Crippen LogP) is 2.65. The second-order valence-corrected chi connectivity index (χ2v) is 6.44. The van der Waals surface area contributed by atoms with Crippen molar-refractivity contribution in [3.8, 4) is 0 Å². The van der Waals surface area contributed by atoms with E-state index in [2.05, 4.69) is 11.9 Å². The van der Waals surface area contributed by atoms with E-state index in [9.17, 15) is 8.78 Å². The normalized spacial score (nSPS) is 18.3. The number of halogens is 2. The highest BCUT2D eigenvalue weighted by Gasteiger charge is 2.35. The molecule has 1 aromatic carbocycles. The van der Waals surface area contributed by atoms with Crippen LogP contribution in [0.2, 0.25) is 0 Å². The third-order valence-electron chi connectivity index (χ3n) is 4.04. The van der Waals surface area contributed by atoms with Crippen molar-refractivity contribution in [1.82, 2.24) is 0 Å². The molecule has 1 saturated carbocycles. The van der Waals surface area contributed by atoms with E-state index in [1.807, 2.05) is 0 Å². The summed E-state index contributed by atoms with van der Waals surface area (Å²) in [5, 5.41) is 3.24. The van der Waals surface area contributed by atoms with Crippen LogP contribution in [0.4, 0.5) is 14.5 Å². The van der Waals surface area contributed by atoms with E-state index in [0.29, 0.717) is 11.6 Å². The number of ether oxygens (including phenoxy) is 1. The van der Waals surface area contributed by atoms with Crippen LogP contribution in [0.3, 0.4) is 0 Å². The summed E-state index contributed by atoms with van der Waals surface area (Å²) in [6, 6.07) is 4.52. The highest BCUT2D eigenvalue weighted by Crippen LogP contribution is 2.31. The van der Waals surface area contributed by atoms with Crippen LogP contribution >= 0.6 is 0 Å². The van der Waals surface area contributed by atoms with Gasteiger partial charge in [-0.3, -0.25) is 0 Å². The first-order chi connectivity index (χ1) is 10.8. The van der Waals surface area contributed by atoms with Crippen molar-refractivity contribution in [1.29, 1.82) is 0 Å². The number of benzene rings is 1. The second-order valence-electron chi connectivity index (χ2n) is 6.44. The monoisotopic (exact) mass is 325 g/mol. The molecule has 0 saturated heterocycles. The molecule has 0 amide bonds. The SMILES string of the molecule is C=C(N)COC[C@H](F)[C@](C)(N)c1cc(NCC2CC2)ccc1F. The van der Waals surface area contributed by atoms with Gasteiger partial charge in [0.15, 0.2) is 0 Å². The third-order valence-corrected chi connectivity index (χ3v) is 4.04. The van der Waals surface area contributed by atoms with Crippen LogP contribution in [0.5, 0.6) is 0 Å². The average Bonchev–Trinajstić information content (AvgIpc) is 3.29. The minimum atomic E-state index is -1.57. The van der Waals surface area contributed by atoms with E-state index < -0.39 is 17.5 Å². The van der Waals surface area contributed by atoms with Gasteiger partial charge in [0.05, 0.1) is 18.8 Å². The molecule has 1 aliphatic rings. The van der Waals surface area contributed by atoms with E-state index >= 15 is 0 Å². The zero-order valence-corrected chi connectivity index (χ0v) is 13.4. The molecule has 6 heteroatoms. The molecule has 0 spiro atoms. The summed E-state index contributed by atoms with van der Waals surface area (Å²) in [6.45, 7) is 5.54. The summed E-state index contributed by atoms with van der Waals surface area (Å²) >= 11 is 0. The summed E-state index contributed by atoms with van der Waals surface area (Å²) in [6.07, 6.45) is 0.854. The Balaban J connectivity index is 2.06. The van der Waals surface area contributed by atoms with Gasteiger partial charge in [-0.2, -0.15) is 0 Å². The van der Waals surface area contributed by atoms with Gasteiger partial charge < -0.3 is 21.5 Å². The molecule has 0 unspecified atom stereocenters. The maximum absolute atomic E-state index is 14.4. The van der Waals surface area contributed by atoms with E-state index in [-0.39, 0.29) is 18.8 Å². The summed E-state index contributed by atoms with van der Waals surface area (Å²) in [5.74, 6) is 0.150. The topological polar surface area (TPSA) is 73.3 Å². The smallest absolute Gasteiger partial charge is 0.145 e. The van der Waals surface area contributed by atoms with Crippen LogP contribution in [0, 0.1) is 11.7 Å². The highest BCUT2D eigenvalue weighted by molar-refractivity contribution is 5.48. The van der Waals surface area contributed by atoms with Crippen molar-refractivity contribution in [2.75, 3.05) is 25.1 Å². The Hall–Kier alpha value is -1.66. The van der Waals surface area contributed by atoms with Crippen LogP contribution in [0.25, 0.3) is 0 Å². The largest absolute Gasteiger partial charge is 0.401 e. The number of rotatable bonds is 9. The number of anilines is 1. The minimum absolute atomic E-state index is 0.0436. The number of hydrogen-bond acceptors (Lipinski definition) is 4. The Morgan fingerprint density at radius 1 is 1.52 bits per heavy atom. The molecule has 4 nitrogen and oxygen atoms in total. The lowest BCUT2D eigenvalue weighted by Crippen LogP contribution is -2.46. The lowest BCUT2D eigenvalue weighted by atomic mass is 9.87. The average molecular weight is 325 g/mol. The van der Waals surface area contributed by atoms with Crippen molar-refractivity contribution in [3.05, 3.63) is 41.9 Å². The molecule has 0 radical (unpaired) electrons. The Morgan fingerprint density at radius 2 is 2.22 bits per heavy atom. The van der Waals surface area contributed by atoms with Gasteiger partial charge in [-0.05, 0) is 43.9 Å². The quantitative estimate of drug-likeness (QED) is 0.652. The van der Waals surface area contributed by atoms with Gasteiger partial charge in [-0.15, -0.1) is 0 Å². The first-order valence-electron chi connectivity index (χ1n) is 7.78. The molecule has 23 heavy (non-hydrogen) atoms. The van der Waals surface area contributed by atoms with E-state index in [1.165, 1.54) is 25.8 Å².